The highest BCUT2D eigenvalue weighted by molar-refractivity contribution is 5.72. The van der Waals surface area contributed by atoms with Gasteiger partial charge in [-0.3, -0.25) is 0 Å². The van der Waals surface area contributed by atoms with E-state index in [1.54, 1.807) is 0 Å². The molecule has 4 nitrogen and oxygen atoms in total. The van der Waals surface area contributed by atoms with Gasteiger partial charge in [0.05, 0.1) is 0 Å². The number of benzene rings is 1. The van der Waals surface area contributed by atoms with Crippen LogP contribution in [0.1, 0.15) is 13.3 Å². The second-order valence-corrected chi connectivity index (χ2v) is 3.55. The smallest absolute Gasteiger partial charge is 0.394 e. The van der Waals surface area contributed by atoms with Gasteiger partial charge in [-0.15, -0.1) is 0 Å². The van der Waals surface area contributed by atoms with E-state index in [1.165, 1.54) is 0 Å². The lowest BCUT2D eigenvalue weighted by molar-refractivity contribution is 0.237. The fraction of sp³-hybridized carbons (Fsp3) is 0.417. The molecule has 0 atom stereocenters. The number of hydrogen-bond acceptors (Lipinski definition) is 4. The number of fused-ring (bicyclic) bond motifs is 1. The number of hydrogen-bond donors (Lipinski definition) is 1. The Morgan fingerprint density at radius 3 is 3.00 bits per heavy atom. The molecule has 1 aromatic heterocycles. The first kappa shape index (κ1) is 11.0. The first-order chi connectivity index (χ1) is 7.90. The van der Waals surface area contributed by atoms with Gasteiger partial charge in [-0.1, -0.05) is 19.1 Å². The van der Waals surface area contributed by atoms with Crippen LogP contribution in [-0.2, 0) is 0 Å². The van der Waals surface area contributed by atoms with Crippen LogP contribution in [0, 0.1) is 0 Å². The average Bonchev–Trinajstić information content (AvgIpc) is 2.71. The van der Waals surface area contributed by atoms with Crippen LogP contribution >= 0.6 is 0 Å². The van der Waals surface area contributed by atoms with Crippen LogP contribution in [0.5, 0.6) is 6.08 Å². The van der Waals surface area contributed by atoms with E-state index in [1.807, 2.05) is 24.3 Å². The van der Waals surface area contributed by atoms with E-state index in [4.69, 9.17) is 9.15 Å². The van der Waals surface area contributed by atoms with Gasteiger partial charge in [-0.2, -0.15) is 4.98 Å². The molecule has 2 aromatic rings. The molecular weight excluding hydrogens is 204 g/mol. The Morgan fingerprint density at radius 2 is 2.19 bits per heavy atom. The van der Waals surface area contributed by atoms with E-state index < -0.39 is 0 Å². The molecule has 16 heavy (non-hydrogen) atoms. The third-order valence-corrected chi connectivity index (χ3v) is 2.21. The van der Waals surface area contributed by atoms with Crippen LogP contribution < -0.4 is 10.1 Å². The second-order valence-electron chi connectivity index (χ2n) is 3.55. The third-order valence-electron chi connectivity index (χ3n) is 2.21. The summed E-state index contributed by atoms with van der Waals surface area (Å²) in [5.41, 5.74) is 1.60. The summed E-state index contributed by atoms with van der Waals surface area (Å²) in [4.78, 5) is 4.21. The molecule has 0 fully saturated rings. The number of para-hydroxylation sites is 2. The van der Waals surface area contributed by atoms with Crippen LogP contribution in [0.3, 0.4) is 0 Å². The Balaban J connectivity index is 1.85. The summed E-state index contributed by atoms with van der Waals surface area (Å²) in [6, 6.07) is 7.63. The third kappa shape index (κ3) is 2.73. The first-order valence-electron chi connectivity index (χ1n) is 5.59. The monoisotopic (exact) mass is 220 g/mol. The molecular formula is C12H16N2O2. The van der Waals surface area contributed by atoms with E-state index in [0.717, 1.165) is 30.6 Å². The summed E-state index contributed by atoms with van der Waals surface area (Å²) in [7, 11) is 0. The molecule has 1 heterocycles. The molecule has 1 aromatic carbocycles. The molecule has 0 bridgehead atoms. The number of aromatic nitrogens is 1. The van der Waals surface area contributed by atoms with E-state index in [2.05, 4.69) is 17.2 Å². The highest BCUT2D eigenvalue weighted by Gasteiger charge is 2.04. The molecule has 0 unspecified atom stereocenters. The highest BCUT2D eigenvalue weighted by atomic mass is 16.6. The molecule has 0 spiro atoms. The van der Waals surface area contributed by atoms with Crippen molar-refractivity contribution in [1.82, 2.24) is 10.3 Å². The van der Waals surface area contributed by atoms with Crippen molar-refractivity contribution in [2.45, 2.75) is 13.3 Å². The Bertz CT molecular complexity index is 406. The van der Waals surface area contributed by atoms with Gasteiger partial charge in [0.1, 0.15) is 12.1 Å². The van der Waals surface area contributed by atoms with Crippen LogP contribution in [-0.4, -0.2) is 24.7 Å². The standard InChI is InChI=1S/C12H16N2O2/c1-2-7-13-8-9-15-12-14-10-5-3-4-6-11(10)16-12/h3-6,13H,2,7-9H2,1H3. The van der Waals surface area contributed by atoms with E-state index in [9.17, 15) is 0 Å². The molecule has 1 N–H and O–H groups in total. The SMILES string of the molecule is CCCNCCOc1nc2ccccc2o1. The maximum absolute atomic E-state index is 5.41. The van der Waals surface area contributed by atoms with Crippen LogP contribution in [0.15, 0.2) is 28.7 Å². The van der Waals surface area contributed by atoms with Crippen molar-refractivity contribution in [3.8, 4) is 6.08 Å². The maximum atomic E-state index is 5.41. The zero-order valence-corrected chi connectivity index (χ0v) is 9.40. The maximum Gasteiger partial charge on any atom is 0.394 e. The van der Waals surface area contributed by atoms with Gasteiger partial charge < -0.3 is 14.5 Å². The predicted octanol–water partition coefficient (Wildman–Crippen LogP) is 2.21. The fourth-order valence-electron chi connectivity index (χ4n) is 1.43. The Labute approximate surface area is 94.6 Å². The zero-order valence-electron chi connectivity index (χ0n) is 9.40. The molecule has 0 aliphatic heterocycles. The van der Waals surface area contributed by atoms with Gasteiger partial charge in [-0.25, -0.2) is 0 Å². The second kappa shape index (κ2) is 5.51. The van der Waals surface area contributed by atoms with Gasteiger partial charge in [-0.05, 0) is 25.1 Å². The minimum atomic E-state index is 0.347. The largest absolute Gasteiger partial charge is 0.449 e. The molecule has 0 radical (unpaired) electrons. The van der Waals surface area contributed by atoms with Crippen LogP contribution in [0.4, 0.5) is 0 Å². The van der Waals surface area contributed by atoms with Crippen molar-refractivity contribution in [3.63, 3.8) is 0 Å². The van der Waals surface area contributed by atoms with Crippen molar-refractivity contribution in [2.24, 2.45) is 0 Å². The van der Waals surface area contributed by atoms with Gasteiger partial charge in [0.25, 0.3) is 0 Å². The topological polar surface area (TPSA) is 47.3 Å². The Kier molecular flexibility index (Phi) is 3.77. The zero-order chi connectivity index (χ0) is 11.2. The number of rotatable bonds is 6. The highest BCUT2D eigenvalue weighted by Crippen LogP contribution is 2.19. The minimum absolute atomic E-state index is 0.347. The van der Waals surface area contributed by atoms with Gasteiger partial charge >= 0.3 is 6.08 Å². The Morgan fingerprint density at radius 1 is 1.31 bits per heavy atom. The number of ether oxygens (including phenoxy) is 1. The minimum Gasteiger partial charge on any atom is -0.449 e. The molecule has 0 aliphatic carbocycles. The molecule has 0 saturated heterocycles. The first-order valence-corrected chi connectivity index (χ1v) is 5.59. The molecule has 0 aliphatic rings. The number of oxazole rings is 1. The fourth-order valence-corrected chi connectivity index (χ4v) is 1.43. The van der Waals surface area contributed by atoms with Crippen molar-refractivity contribution in [2.75, 3.05) is 19.7 Å². The lowest BCUT2D eigenvalue weighted by atomic mass is 10.3. The average molecular weight is 220 g/mol. The van der Waals surface area contributed by atoms with E-state index >= 15 is 0 Å². The summed E-state index contributed by atoms with van der Waals surface area (Å²) in [5, 5.41) is 3.24. The van der Waals surface area contributed by atoms with Crippen LogP contribution in [0.25, 0.3) is 11.1 Å². The lowest BCUT2D eigenvalue weighted by Crippen LogP contribution is -2.21. The molecule has 86 valence electrons. The van der Waals surface area contributed by atoms with Crippen molar-refractivity contribution >= 4 is 11.1 Å². The number of nitrogens with one attached hydrogen (secondary N) is 1. The van der Waals surface area contributed by atoms with Crippen molar-refractivity contribution in [1.29, 1.82) is 0 Å². The number of nitrogens with zero attached hydrogens (tertiary/aromatic N) is 1. The van der Waals surface area contributed by atoms with Crippen LogP contribution in [0.2, 0.25) is 0 Å². The summed E-state index contributed by atoms with van der Waals surface area (Å²) in [6.07, 6.45) is 1.47. The normalized spacial score (nSPS) is 10.8. The summed E-state index contributed by atoms with van der Waals surface area (Å²) < 4.78 is 10.8. The molecule has 4 heteroatoms. The molecule has 2 rings (SSSR count). The lowest BCUT2D eigenvalue weighted by Gasteiger charge is -2.02. The van der Waals surface area contributed by atoms with E-state index in [0.29, 0.717) is 12.7 Å². The van der Waals surface area contributed by atoms with Crippen molar-refractivity contribution < 1.29 is 9.15 Å². The molecule has 0 saturated carbocycles. The summed E-state index contributed by atoms with van der Waals surface area (Å²) in [6.45, 7) is 4.53. The Hall–Kier alpha value is -1.55. The van der Waals surface area contributed by atoms with E-state index in [-0.39, 0.29) is 0 Å². The van der Waals surface area contributed by atoms with Gasteiger partial charge in [0.15, 0.2) is 5.58 Å². The molecule has 0 amide bonds. The van der Waals surface area contributed by atoms with Crippen molar-refractivity contribution in [3.05, 3.63) is 24.3 Å². The summed E-state index contributed by atoms with van der Waals surface area (Å²) in [5.74, 6) is 0. The predicted molar refractivity (Wildman–Crippen MR) is 62.7 cm³/mol. The van der Waals surface area contributed by atoms with Gasteiger partial charge in [0, 0.05) is 6.54 Å². The van der Waals surface area contributed by atoms with Gasteiger partial charge in [0.2, 0.25) is 0 Å². The quantitative estimate of drug-likeness (QED) is 0.758. The summed E-state index contributed by atoms with van der Waals surface area (Å²) >= 11 is 0.